The third-order valence-electron chi connectivity index (χ3n) is 5.41. The lowest BCUT2D eigenvalue weighted by atomic mass is 9.90. The number of carbonyl (C=O) groups is 1. The predicted molar refractivity (Wildman–Crippen MR) is 110 cm³/mol. The molecule has 2 atom stereocenters. The average Bonchev–Trinajstić information content (AvgIpc) is 2.77. The molecule has 0 amide bonds. The molecule has 1 aliphatic rings. The van der Waals surface area contributed by atoms with Crippen molar-refractivity contribution < 1.29 is 19.0 Å². The molecule has 28 heavy (non-hydrogen) atoms. The molecule has 0 aliphatic carbocycles. The number of piperidine rings is 1. The predicted octanol–water partition coefficient (Wildman–Crippen LogP) is 4.04. The smallest absolute Gasteiger partial charge is 0.179 e. The molecular weight excluding hydrogens is 354 g/mol. The quantitative estimate of drug-likeness (QED) is 0.697. The lowest BCUT2D eigenvalue weighted by Crippen LogP contribution is -2.46. The van der Waals surface area contributed by atoms with Gasteiger partial charge in [0.25, 0.3) is 0 Å². The van der Waals surface area contributed by atoms with Crippen molar-refractivity contribution in [1.82, 2.24) is 5.32 Å². The lowest BCUT2D eigenvalue weighted by molar-refractivity contribution is 0.0910. The highest BCUT2D eigenvalue weighted by Crippen LogP contribution is 2.29. The molecular formula is C23H29NO4. The van der Waals surface area contributed by atoms with Crippen molar-refractivity contribution >= 4 is 5.78 Å². The number of hydrogen-bond acceptors (Lipinski definition) is 5. The standard InChI is InChI=1S/C23H29NO4/c1-26-19-12-8-16(9-13-19)7-11-18-5-4-6-20(24-18)23(25)17-10-14-21(27-2)22(15-17)28-3/h8-10,12-15,18,20,24H,4-7,11H2,1-3H3. The maximum absolute atomic E-state index is 13.0. The van der Waals surface area contributed by atoms with Crippen LogP contribution in [0.1, 0.15) is 41.6 Å². The number of ketones is 1. The van der Waals surface area contributed by atoms with E-state index < -0.39 is 0 Å². The van der Waals surface area contributed by atoms with E-state index >= 15 is 0 Å². The summed E-state index contributed by atoms with van der Waals surface area (Å²) in [5.74, 6) is 2.21. The molecule has 0 spiro atoms. The van der Waals surface area contributed by atoms with Gasteiger partial charge < -0.3 is 19.5 Å². The number of methoxy groups -OCH3 is 3. The molecule has 1 N–H and O–H groups in total. The Kier molecular flexibility index (Phi) is 6.93. The summed E-state index contributed by atoms with van der Waals surface area (Å²) in [6.07, 6.45) is 5.03. The van der Waals surface area contributed by atoms with Crippen LogP contribution in [0.25, 0.3) is 0 Å². The Morgan fingerprint density at radius 3 is 2.39 bits per heavy atom. The normalized spacial score (nSPS) is 19.1. The molecule has 5 nitrogen and oxygen atoms in total. The van der Waals surface area contributed by atoms with E-state index in [1.54, 1.807) is 33.5 Å². The van der Waals surface area contributed by atoms with Gasteiger partial charge in [0.05, 0.1) is 27.4 Å². The number of rotatable bonds is 8. The van der Waals surface area contributed by atoms with Gasteiger partial charge in [0.15, 0.2) is 17.3 Å². The van der Waals surface area contributed by atoms with Gasteiger partial charge in [-0.2, -0.15) is 0 Å². The molecule has 150 valence electrons. The zero-order valence-corrected chi connectivity index (χ0v) is 16.9. The molecule has 2 unspecified atom stereocenters. The molecule has 0 bridgehead atoms. The van der Waals surface area contributed by atoms with Crippen molar-refractivity contribution in [1.29, 1.82) is 0 Å². The zero-order chi connectivity index (χ0) is 19.9. The third kappa shape index (κ3) is 4.84. The summed E-state index contributed by atoms with van der Waals surface area (Å²) in [6, 6.07) is 13.8. The van der Waals surface area contributed by atoms with E-state index in [0.29, 0.717) is 23.1 Å². The van der Waals surface area contributed by atoms with E-state index in [4.69, 9.17) is 14.2 Å². The van der Waals surface area contributed by atoms with E-state index in [2.05, 4.69) is 17.4 Å². The topological polar surface area (TPSA) is 56.8 Å². The molecule has 3 rings (SSSR count). The minimum absolute atomic E-state index is 0.120. The Hall–Kier alpha value is -2.53. The summed E-state index contributed by atoms with van der Waals surface area (Å²) in [7, 11) is 4.85. The van der Waals surface area contributed by atoms with Crippen LogP contribution in [0, 0.1) is 0 Å². The van der Waals surface area contributed by atoms with E-state index in [0.717, 1.165) is 37.9 Å². The van der Waals surface area contributed by atoms with Gasteiger partial charge in [0.2, 0.25) is 0 Å². The summed E-state index contributed by atoms with van der Waals surface area (Å²) >= 11 is 0. The second kappa shape index (κ2) is 9.60. The van der Waals surface area contributed by atoms with Gasteiger partial charge in [0, 0.05) is 11.6 Å². The highest BCUT2D eigenvalue weighted by Gasteiger charge is 2.27. The molecule has 2 aromatic rings. The fraction of sp³-hybridized carbons (Fsp3) is 0.435. The van der Waals surface area contributed by atoms with Crippen LogP contribution in [-0.4, -0.2) is 39.2 Å². The second-order valence-electron chi connectivity index (χ2n) is 7.17. The van der Waals surface area contributed by atoms with Gasteiger partial charge in [-0.3, -0.25) is 4.79 Å². The number of ether oxygens (including phenoxy) is 3. The van der Waals surface area contributed by atoms with Crippen LogP contribution < -0.4 is 19.5 Å². The third-order valence-corrected chi connectivity index (χ3v) is 5.41. The number of benzene rings is 2. The molecule has 1 saturated heterocycles. The van der Waals surface area contributed by atoms with Crippen LogP contribution >= 0.6 is 0 Å². The van der Waals surface area contributed by atoms with Crippen molar-refractivity contribution in [3.8, 4) is 17.2 Å². The summed E-state index contributed by atoms with van der Waals surface area (Å²) in [5, 5.41) is 3.56. The Balaban J connectivity index is 1.60. The van der Waals surface area contributed by atoms with Crippen molar-refractivity contribution in [2.45, 2.75) is 44.2 Å². The van der Waals surface area contributed by atoms with Gasteiger partial charge in [0.1, 0.15) is 5.75 Å². The molecule has 2 aromatic carbocycles. The van der Waals surface area contributed by atoms with Gasteiger partial charge in [-0.15, -0.1) is 0 Å². The number of hydrogen-bond donors (Lipinski definition) is 1. The Morgan fingerprint density at radius 1 is 0.964 bits per heavy atom. The highest BCUT2D eigenvalue weighted by molar-refractivity contribution is 6.00. The molecule has 5 heteroatoms. The van der Waals surface area contributed by atoms with Crippen LogP contribution in [0.2, 0.25) is 0 Å². The minimum Gasteiger partial charge on any atom is -0.497 e. The van der Waals surface area contributed by atoms with E-state index in [1.807, 2.05) is 18.2 Å². The fourth-order valence-electron chi connectivity index (χ4n) is 3.78. The van der Waals surface area contributed by atoms with Gasteiger partial charge in [-0.25, -0.2) is 0 Å². The molecule has 0 aromatic heterocycles. The SMILES string of the molecule is COc1ccc(CCC2CCCC(C(=O)c3ccc(OC)c(OC)c3)N2)cc1. The van der Waals surface area contributed by atoms with Crippen molar-refractivity contribution in [2.75, 3.05) is 21.3 Å². The van der Waals surface area contributed by atoms with Crippen molar-refractivity contribution in [2.24, 2.45) is 0 Å². The average molecular weight is 383 g/mol. The summed E-state index contributed by atoms with van der Waals surface area (Å²) in [5.41, 5.74) is 1.95. The number of carbonyl (C=O) groups excluding carboxylic acids is 1. The Labute approximate surface area is 167 Å². The summed E-state index contributed by atoms with van der Waals surface area (Å²) < 4.78 is 15.8. The summed E-state index contributed by atoms with van der Waals surface area (Å²) in [4.78, 5) is 13.0. The van der Waals surface area contributed by atoms with Crippen LogP contribution in [-0.2, 0) is 6.42 Å². The molecule has 1 fully saturated rings. The molecule has 0 saturated carbocycles. The Bertz CT molecular complexity index is 788. The number of aryl methyl sites for hydroxylation is 1. The van der Waals surface area contributed by atoms with Crippen LogP contribution in [0.15, 0.2) is 42.5 Å². The van der Waals surface area contributed by atoms with Gasteiger partial charge in [-0.1, -0.05) is 12.1 Å². The van der Waals surface area contributed by atoms with E-state index in [1.165, 1.54) is 5.56 Å². The zero-order valence-electron chi connectivity index (χ0n) is 16.9. The molecule has 1 aliphatic heterocycles. The van der Waals surface area contributed by atoms with Crippen LogP contribution in [0.3, 0.4) is 0 Å². The first-order valence-electron chi connectivity index (χ1n) is 9.79. The largest absolute Gasteiger partial charge is 0.497 e. The number of Topliss-reactive ketones (excluding diaryl/α,β-unsaturated/α-hetero) is 1. The highest BCUT2D eigenvalue weighted by atomic mass is 16.5. The molecule has 0 radical (unpaired) electrons. The van der Waals surface area contributed by atoms with Gasteiger partial charge >= 0.3 is 0 Å². The molecule has 1 heterocycles. The summed E-state index contributed by atoms with van der Waals surface area (Å²) in [6.45, 7) is 0. The van der Waals surface area contributed by atoms with Crippen LogP contribution in [0.5, 0.6) is 17.2 Å². The maximum atomic E-state index is 13.0. The second-order valence-corrected chi connectivity index (χ2v) is 7.17. The lowest BCUT2D eigenvalue weighted by Gasteiger charge is -2.30. The fourth-order valence-corrected chi connectivity index (χ4v) is 3.78. The van der Waals surface area contributed by atoms with Gasteiger partial charge in [-0.05, 0) is 68.0 Å². The first-order chi connectivity index (χ1) is 13.6. The first kappa shape index (κ1) is 20.2. The van der Waals surface area contributed by atoms with Crippen molar-refractivity contribution in [3.63, 3.8) is 0 Å². The van der Waals surface area contributed by atoms with E-state index in [-0.39, 0.29) is 11.8 Å². The number of nitrogens with one attached hydrogen (secondary N) is 1. The van der Waals surface area contributed by atoms with E-state index in [9.17, 15) is 4.79 Å². The minimum atomic E-state index is -0.146. The first-order valence-corrected chi connectivity index (χ1v) is 9.79. The maximum Gasteiger partial charge on any atom is 0.179 e. The van der Waals surface area contributed by atoms with Crippen molar-refractivity contribution in [3.05, 3.63) is 53.6 Å². The monoisotopic (exact) mass is 383 g/mol. The Morgan fingerprint density at radius 2 is 1.71 bits per heavy atom. The van der Waals surface area contributed by atoms with Crippen LogP contribution in [0.4, 0.5) is 0 Å².